The summed E-state index contributed by atoms with van der Waals surface area (Å²) in [6.07, 6.45) is 0. The van der Waals surface area contributed by atoms with Crippen LogP contribution >= 0.6 is 49.9 Å². The zero-order valence-electron chi connectivity index (χ0n) is 8.96. The summed E-state index contributed by atoms with van der Waals surface area (Å²) < 4.78 is 2.15. The van der Waals surface area contributed by atoms with E-state index >= 15 is 0 Å². The van der Waals surface area contributed by atoms with E-state index in [0.717, 1.165) is 18.6 Å². The largest absolute Gasteiger partial charge is 0.321 e. The lowest BCUT2D eigenvalue weighted by molar-refractivity contribution is 0.103. The van der Waals surface area contributed by atoms with Crippen LogP contribution in [0.1, 0.15) is 15.2 Å². The van der Waals surface area contributed by atoms with E-state index in [9.17, 15) is 4.79 Å². The zero-order valence-corrected chi connectivity index (χ0v) is 13.5. The van der Waals surface area contributed by atoms with Gasteiger partial charge in [0.1, 0.15) is 0 Å². The van der Waals surface area contributed by atoms with E-state index in [1.54, 1.807) is 0 Å². The highest BCUT2D eigenvalue weighted by molar-refractivity contribution is 14.1. The molecule has 0 saturated carbocycles. The molecule has 1 heterocycles. The van der Waals surface area contributed by atoms with Crippen molar-refractivity contribution in [1.29, 1.82) is 0 Å². The van der Waals surface area contributed by atoms with Gasteiger partial charge in [0.15, 0.2) is 0 Å². The number of rotatable bonds is 2. The molecule has 17 heavy (non-hydrogen) atoms. The number of benzene rings is 1. The van der Waals surface area contributed by atoms with Crippen LogP contribution in [0.4, 0.5) is 5.69 Å². The van der Waals surface area contributed by atoms with Gasteiger partial charge in [0.05, 0.1) is 8.66 Å². The normalized spacial score (nSPS) is 10.3. The third-order valence-electron chi connectivity index (χ3n) is 2.18. The van der Waals surface area contributed by atoms with E-state index in [1.807, 2.05) is 37.3 Å². The predicted octanol–water partition coefficient (Wildman–Crippen LogP) is 4.68. The van der Waals surface area contributed by atoms with Gasteiger partial charge in [0, 0.05) is 9.26 Å². The van der Waals surface area contributed by atoms with Gasteiger partial charge in [-0.25, -0.2) is 0 Å². The molecule has 0 bridgehead atoms. The van der Waals surface area contributed by atoms with Crippen LogP contribution in [0.3, 0.4) is 0 Å². The monoisotopic (exact) mass is 421 g/mol. The fraction of sp³-hybridized carbons (Fsp3) is 0.0833. The molecule has 88 valence electrons. The van der Waals surface area contributed by atoms with Crippen LogP contribution in [0.5, 0.6) is 0 Å². The number of anilines is 1. The molecular formula is C12H9BrINOS. The molecule has 2 nitrogen and oxygen atoms in total. The molecular weight excluding hydrogens is 413 g/mol. The van der Waals surface area contributed by atoms with E-state index in [1.165, 1.54) is 11.3 Å². The minimum Gasteiger partial charge on any atom is -0.321 e. The molecule has 2 aromatic rings. The fourth-order valence-corrected chi connectivity index (χ4v) is 3.09. The Balaban J connectivity index is 2.14. The molecule has 1 amide bonds. The van der Waals surface area contributed by atoms with Gasteiger partial charge in [-0.2, -0.15) is 0 Å². The van der Waals surface area contributed by atoms with Crippen LogP contribution < -0.4 is 5.32 Å². The lowest BCUT2D eigenvalue weighted by Crippen LogP contribution is -2.09. The van der Waals surface area contributed by atoms with Gasteiger partial charge in [-0.15, -0.1) is 11.3 Å². The summed E-state index contributed by atoms with van der Waals surface area (Å²) in [6, 6.07) is 9.61. The second-order valence-corrected chi connectivity index (χ2v) is 7.14. The zero-order chi connectivity index (χ0) is 12.4. The second-order valence-electron chi connectivity index (χ2n) is 3.53. The number of thiophene rings is 1. The van der Waals surface area contributed by atoms with Crippen LogP contribution in [-0.2, 0) is 0 Å². The van der Waals surface area contributed by atoms with E-state index in [4.69, 9.17) is 0 Å². The SMILES string of the molecule is Cc1cc(C(=O)Nc2ccc(I)cc2)sc1Br. The molecule has 5 heteroatoms. The molecule has 0 saturated heterocycles. The van der Waals surface area contributed by atoms with Crippen molar-refractivity contribution in [2.75, 3.05) is 5.32 Å². The first kappa shape index (κ1) is 13.0. The molecule has 0 aliphatic rings. The summed E-state index contributed by atoms with van der Waals surface area (Å²) in [5.41, 5.74) is 1.90. The van der Waals surface area contributed by atoms with Crippen LogP contribution in [0.25, 0.3) is 0 Å². The number of hydrogen-bond donors (Lipinski definition) is 1. The van der Waals surface area contributed by atoms with Crippen molar-refractivity contribution in [2.24, 2.45) is 0 Å². The Labute approximate surface area is 126 Å². The minimum absolute atomic E-state index is 0.0648. The summed E-state index contributed by atoms with van der Waals surface area (Å²) in [5, 5.41) is 2.87. The quantitative estimate of drug-likeness (QED) is 0.701. The Morgan fingerprint density at radius 1 is 1.35 bits per heavy atom. The Hall–Kier alpha value is -0.400. The lowest BCUT2D eigenvalue weighted by Gasteiger charge is -2.02. The molecule has 0 spiro atoms. The van der Waals surface area contributed by atoms with Crippen LogP contribution in [0, 0.1) is 10.5 Å². The van der Waals surface area contributed by atoms with Crippen LogP contribution in [-0.4, -0.2) is 5.91 Å². The Morgan fingerprint density at radius 2 is 2.00 bits per heavy atom. The van der Waals surface area contributed by atoms with E-state index in [-0.39, 0.29) is 5.91 Å². The number of carbonyl (C=O) groups excluding carboxylic acids is 1. The number of carbonyl (C=O) groups is 1. The first-order valence-corrected chi connectivity index (χ1v) is 7.58. The summed E-state index contributed by atoms with van der Waals surface area (Å²) in [6.45, 7) is 1.97. The summed E-state index contributed by atoms with van der Waals surface area (Å²) >= 11 is 7.10. The first-order valence-electron chi connectivity index (χ1n) is 4.89. The average Bonchev–Trinajstić information content (AvgIpc) is 2.63. The van der Waals surface area contributed by atoms with Gasteiger partial charge in [-0.1, -0.05) is 0 Å². The smallest absolute Gasteiger partial charge is 0.265 e. The number of aryl methyl sites for hydroxylation is 1. The second kappa shape index (κ2) is 5.49. The van der Waals surface area contributed by atoms with E-state index in [0.29, 0.717) is 4.88 Å². The highest BCUT2D eigenvalue weighted by Gasteiger charge is 2.11. The topological polar surface area (TPSA) is 29.1 Å². The minimum atomic E-state index is -0.0648. The van der Waals surface area contributed by atoms with Crippen molar-refractivity contribution < 1.29 is 4.79 Å². The molecule has 0 aliphatic heterocycles. The molecule has 0 unspecified atom stereocenters. The summed E-state index contributed by atoms with van der Waals surface area (Å²) in [5.74, 6) is -0.0648. The molecule has 1 aromatic heterocycles. The third-order valence-corrected chi connectivity index (χ3v) is 5.04. The summed E-state index contributed by atoms with van der Waals surface area (Å²) in [4.78, 5) is 12.7. The molecule has 0 radical (unpaired) electrons. The highest BCUT2D eigenvalue weighted by Crippen LogP contribution is 2.27. The molecule has 0 atom stereocenters. The number of amides is 1. The number of nitrogens with one attached hydrogen (secondary N) is 1. The average molecular weight is 422 g/mol. The maximum atomic E-state index is 11.9. The molecule has 1 aromatic carbocycles. The summed E-state index contributed by atoms with van der Waals surface area (Å²) in [7, 11) is 0. The van der Waals surface area contributed by atoms with E-state index < -0.39 is 0 Å². The third kappa shape index (κ3) is 3.29. The number of halogens is 2. The molecule has 0 fully saturated rings. The van der Waals surface area contributed by atoms with Gasteiger partial charge in [-0.05, 0) is 81.3 Å². The van der Waals surface area contributed by atoms with Crippen molar-refractivity contribution in [3.8, 4) is 0 Å². The Kier molecular flexibility index (Phi) is 4.22. The Bertz CT molecular complexity index is 531. The highest BCUT2D eigenvalue weighted by atomic mass is 127. The predicted molar refractivity (Wildman–Crippen MR) is 83.9 cm³/mol. The number of hydrogen-bond acceptors (Lipinski definition) is 2. The standard InChI is InChI=1S/C12H9BrINOS/c1-7-6-10(17-11(7)13)12(16)15-9-4-2-8(14)3-5-9/h2-6H,1H3,(H,15,16). The Morgan fingerprint density at radius 3 is 2.53 bits per heavy atom. The molecule has 2 rings (SSSR count). The van der Waals surface area contributed by atoms with Gasteiger partial charge in [-0.3, -0.25) is 4.79 Å². The molecule has 1 N–H and O–H groups in total. The van der Waals surface area contributed by atoms with Crippen LogP contribution in [0.15, 0.2) is 34.1 Å². The van der Waals surface area contributed by atoms with Gasteiger partial charge < -0.3 is 5.32 Å². The van der Waals surface area contributed by atoms with Crippen molar-refractivity contribution >= 4 is 61.5 Å². The maximum absolute atomic E-state index is 11.9. The van der Waals surface area contributed by atoms with E-state index in [2.05, 4.69) is 43.8 Å². The van der Waals surface area contributed by atoms with Crippen LogP contribution in [0.2, 0.25) is 0 Å². The lowest BCUT2D eigenvalue weighted by atomic mass is 10.3. The van der Waals surface area contributed by atoms with Gasteiger partial charge in [0.25, 0.3) is 5.91 Å². The van der Waals surface area contributed by atoms with Crippen molar-refractivity contribution in [3.05, 3.63) is 48.1 Å². The molecule has 0 aliphatic carbocycles. The first-order chi connectivity index (χ1) is 8.06. The fourth-order valence-electron chi connectivity index (χ4n) is 1.30. The van der Waals surface area contributed by atoms with Crippen molar-refractivity contribution in [3.63, 3.8) is 0 Å². The van der Waals surface area contributed by atoms with Crippen molar-refractivity contribution in [1.82, 2.24) is 0 Å². The van der Waals surface area contributed by atoms with Gasteiger partial charge in [0.2, 0.25) is 0 Å². The van der Waals surface area contributed by atoms with Crippen molar-refractivity contribution in [2.45, 2.75) is 6.92 Å². The van der Waals surface area contributed by atoms with Gasteiger partial charge >= 0.3 is 0 Å². The maximum Gasteiger partial charge on any atom is 0.265 e.